The van der Waals surface area contributed by atoms with Crippen LogP contribution in [0.25, 0.3) is 0 Å². The van der Waals surface area contributed by atoms with E-state index in [0.717, 1.165) is 0 Å². The molecule has 0 rings (SSSR count). The monoisotopic (exact) mass is 173 g/mol. The van der Waals surface area contributed by atoms with Crippen LogP contribution in [0.3, 0.4) is 0 Å². The van der Waals surface area contributed by atoms with E-state index in [1.54, 1.807) is 6.92 Å². The third-order valence-corrected chi connectivity index (χ3v) is 1.83. The van der Waals surface area contributed by atoms with Crippen molar-refractivity contribution in [2.24, 2.45) is 11.7 Å². The Balaban J connectivity index is 3.91. The zero-order valence-corrected chi connectivity index (χ0v) is 8.08. The number of carbonyl (C=O) groups excluding carboxylic acids is 1. The summed E-state index contributed by atoms with van der Waals surface area (Å²) in [5.74, 6) is 0.252. The number of hydrogen-bond donors (Lipinski definition) is 2. The van der Waals surface area contributed by atoms with Gasteiger partial charge in [0, 0.05) is 12.5 Å². The molecule has 0 aliphatic rings. The van der Waals surface area contributed by atoms with Gasteiger partial charge in [-0.15, -0.1) is 0 Å². The Morgan fingerprint density at radius 3 is 2.33 bits per heavy atom. The molecule has 0 bridgehead atoms. The molecule has 0 unspecified atom stereocenters. The highest BCUT2D eigenvalue weighted by atomic mass is 16.3. The maximum atomic E-state index is 11.0. The summed E-state index contributed by atoms with van der Waals surface area (Å²) in [6, 6.07) is -0.405. The van der Waals surface area contributed by atoms with Crippen molar-refractivity contribution in [3.05, 3.63) is 0 Å². The standard InChI is InChI=1S/C9H19NO2/c1-4-8(11)9(12)7(10)5-6(2)3/h6-7,9,12H,4-5,10H2,1-3H3/t7-,9+/m1/s1. The lowest BCUT2D eigenvalue weighted by Gasteiger charge is -2.18. The topological polar surface area (TPSA) is 63.3 Å². The molecular weight excluding hydrogens is 154 g/mol. The summed E-state index contributed by atoms with van der Waals surface area (Å²) in [4.78, 5) is 11.0. The van der Waals surface area contributed by atoms with Gasteiger partial charge in [0.1, 0.15) is 6.10 Å². The van der Waals surface area contributed by atoms with E-state index in [1.165, 1.54) is 0 Å². The Morgan fingerprint density at radius 1 is 1.50 bits per heavy atom. The number of ketones is 1. The second-order valence-electron chi connectivity index (χ2n) is 3.56. The smallest absolute Gasteiger partial charge is 0.162 e. The van der Waals surface area contributed by atoms with Crippen molar-refractivity contribution < 1.29 is 9.90 Å². The molecule has 0 spiro atoms. The van der Waals surface area contributed by atoms with Gasteiger partial charge in [0.25, 0.3) is 0 Å². The van der Waals surface area contributed by atoms with Gasteiger partial charge < -0.3 is 10.8 Å². The molecule has 3 nitrogen and oxygen atoms in total. The molecular formula is C9H19NO2. The van der Waals surface area contributed by atoms with Crippen molar-refractivity contribution in [3.8, 4) is 0 Å². The predicted octanol–water partition coefficient (Wildman–Crippen LogP) is 0.700. The number of Topliss-reactive ketones (excluding diaryl/α,β-unsaturated/α-hetero) is 1. The lowest BCUT2D eigenvalue weighted by molar-refractivity contribution is -0.127. The van der Waals surface area contributed by atoms with Gasteiger partial charge in [-0.2, -0.15) is 0 Å². The molecule has 0 aromatic heterocycles. The summed E-state index contributed by atoms with van der Waals surface area (Å²) in [7, 11) is 0. The fourth-order valence-electron chi connectivity index (χ4n) is 1.12. The van der Waals surface area contributed by atoms with E-state index in [1.807, 2.05) is 13.8 Å². The van der Waals surface area contributed by atoms with Gasteiger partial charge >= 0.3 is 0 Å². The second kappa shape index (κ2) is 5.27. The van der Waals surface area contributed by atoms with Crippen LogP contribution in [0.5, 0.6) is 0 Å². The molecule has 2 atom stereocenters. The van der Waals surface area contributed by atoms with Gasteiger partial charge in [-0.3, -0.25) is 4.79 Å². The van der Waals surface area contributed by atoms with Gasteiger partial charge in [0.05, 0.1) is 0 Å². The van der Waals surface area contributed by atoms with E-state index >= 15 is 0 Å². The first-order valence-corrected chi connectivity index (χ1v) is 4.45. The van der Waals surface area contributed by atoms with Crippen molar-refractivity contribution in [2.45, 2.75) is 45.8 Å². The first-order chi connectivity index (χ1) is 5.49. The summed E-state index contributed by atoms with van der Waals surface area (Å²) in [5.41, 5.74) is 5.62. The Morgan fingerprint density at radius 2 is 2.00 bits per heavy atom. The predicted molar refractivity (Wildman–Crippen MR) is 48.7 cm³/mol. The minimum Gasteiger partial charge on any atom is -0.384 e. The zero-order valence-electron chi connectivity index (χ0n) is 8.08. The van der Waals surface area contributed by atoms with Gasteiger partial charge in [-0.05, 0) is 12.3 Å². The Bertz CT molecular complexity index is 145. The third kappa shape index (κ3) is 3.83. The first kappa shape index (κ1) is 11.6. The fraction of sp³-hybridized carbons (Fsp3) is 0.889. The molecule has 0 fully saturated rings. The number of aliphatic hydroxyl groups excluding tert-OH is 1. The van der Waals surface area contributed by atoms with E-state index in [4.69, 9.17) is 5.73 Å². The van der Waals surface area contributed by atoms with Crippen LogP contribution in [0.15, 0.2) is 0 Å². The molecule has 0 saturated heterocycles. The number of hydrogen-bond acceptors (Lipinski definition) is 3. The molecule has 0 radical (unpaired) electrons. The maximum absolute atomic E-state index is 11.0. The third-order valence-electron chi connectivity index (χ3n) is 1.83. The van der Waals surface area contributed by atoms with Gasteiger partial charge in [0.2, 0.25) is 0 Å². The lowest BCUT2D eigenvalue weighted by Crippen LogP contribution is -2.41. The molecule has 0 saturated carbocycles. The summed E-state index contributed by atoms with van der Waals surface area (Å²) < 4.78 is 0. The maximum Gasteiger partial charge on any atom is 0.162 e. The quantitative estimate of drug-likeness (QED) is 0.643. The summed E-state index contributed by atoms with van der Waals surface area (Å²) in [6.07, 6.45) is 0.0669. The Hall–Kier alpha value is -0.410. The van der Waals surface area contributed by atoms with Gasteiger partial charge in [-0.25, -0.2) is 0 Å². The molecule has 0 aromatic rings. The lowest BCUT2D eigenvalue weighted by atomic mass is 9.97. The van der Waals surface area contributed by atoms with Crippen LogP contribution in [-0.4, -0.2) is 23.0 Å². The molecule has 3 heteroatoms. The van der Waals surface area contributed by atoms with Crippen molar-refractivity contribution in [1.82, 2.24) is 0 Å². The number of nitrogens with two attached hydrogens (primary N) is 1. The Labute approximate surface area is 74.0 Å². The van der Waals surface area contributed by atoms with Crippen LogP contribution in [0.1, 0.15) is 33.6 Å². The van der Waals surface area contributed by atoms with Crippen LogP contribution >= 0.6 is 0 Å². The highest BCUT2D eigenvalue weighted by Gasteiger charge is 2.21. The molecule has 3 N–H and O–H groups in total. The highest BCUT2D eigenvalue weighted by Crippen LogP contribution is 2.07. The molecule has 0 heterocycles. The summed E-state index contributed by atoms with van der Waals surface area (Å²) in [5, 5.41) is 9.36. The number of rotatable bonds is 5. The van der Waals surface area contributed by atoms with Crippen LogP contribution in [0, 0.1) is 5.92 Å². The van der Waals surface area contributed by atoms with E-state index in [9.17, 15) is 9.90 Å². The van der Waals surface area contributed by atoms with Crippen molar-refractivity contribution >= 4 is 5.78 Å². The number of carbonyl (C=O) groups is 1. The SMILES string of the molecule is CCC(=O)[C@@H](O)[C@H](N)CC(C)C. The summed E-state index contributed by atoms with van der Waals surface area (Å²) >= 11 is 0. The molecule has 0 aliphatic heterocycles. The van der Waals surface area contributed by atoms with E-state index in [-0.39, 0.29) is 5.78 Å². The molecule has 0 amide bonds. The van der Waals surface area contributed by atoms with Gasteiger partial charge in [0.15, 0.2) is 5.78 Å². The average molecular weight is 173 g/mol. The number of aliphatic hydroxyl groups is 1. The van der Waals surface area contributed by atoms with Gasteiger partial charge in [-0.1, -0.05) is 20.8 Å². The molecule has 0 aliphatic carbocycles. The Kier molecular flexibility index (Phi) is 5.09. The summed E-state index contributed by atoms with van der Waals surface area (Å²) in [6.45, 7) is 5.76. The second-order valence-corrected chi connectivity index (χ2v) is 3.56. The molecule has 12 heavy (non-hydrogen) atoms. The van der Waals surface area contributed by atoms with Crippen molar-refractivity contribution in [2.75, 3.05) is 0 Å². The molecule has 0 aromatic carbocycles. The highest BCUT2D eigenvalue weighted by molar-refractivity contribution is 5.83. The van der Waals surface area contributed by atoms with E-state index in [0.29, 0.717) is 18.8 Å². The minimum atomic E-state index is -0.975. The van der Waals surface area contributed by atoms with Crippen LogP contribution in [-0.2, 0) is 4.79 Å². The molecule has 72 valence electrons. The van der Waals surface area contributed by atoms with Crippen molar-refractivity contribution in [3.63, 3.8) is 0 Å². The average Bonchev–Trinajstić information content (AvgIpc) is 2.00. The van der Waals surface area contributed by atoms with E-state index < -0.39 is 12.1 Å². The van der Waals surface area contributed by atoms with Crippen LogP contribution in [0.2, 0.25) is 0 Å². The largest absolute Gasteiger partial charge is 0.384 e. The van der Waals surface area contributed by atoms with Crippen LogP contribution in [0.4, 0.5) is 0 Å². The minimum absolute atomic E-state index is 0.164. The van der Waals surface area contributed by atoms with Crippen LogP contribution < -0.4 is 5.73 Å². The zero-order chi connectivity index (χ0) is 9.72. The first-order valence-electron chi connectivity index (χ1n) is 4.45. The van der Waals surface area contributed by atoms with Crippen molar-refractivity contribution in [1.29, 1.82) is 0 Å². The van der Waals surface area contributed by atoms with E-state index in [2.05, 4.69) is 0 Å². The normalized spacial score (nSPS) is 16.2. The fourth-order valence-corrected chi connectivity index (χ4v) is 1.12.